The van der Waals surface area contributed by atoms with E-state index in [1.807, 2.05) is 25.5 Å². The van der Waals surface area contributed by atoms with Gasteiger partial charge in [0.2, 0.25) is 0 Å². The normalized spacial score (nSPS) is 15.2. The second-order valence-electron chi connectivity index (χ2n) is 7.02. The van der Waals surface area contributed by atoms with Crippen LogP contribution in [0.2, 0.25) is 0 Å². The molecule has 1 aliphatic heterocycles. The van der Waals surface area contributed by atoms with Crippen molar-refractivity contribution in [1.82, 2.24) is 24.8 Å². The van der Waals surface area contributed by atoms with Gasteiger partial charge in [0.25, 0.3) is 0 Å². The third-order valence-electron chi connectivity index (χ3n) is 5.24. The lowest BCUT2D eigenvalue weighted by molar-refractivity contribution is 0.417. The van der Waals surface area contributed by atoms with E-state index in [9.17, 15) is 0 Å². The van der Waals surface area contributed by atoms with Crippen molar-refractivity contribution in [3.63, 3.8) is 0 Å². The second-order valence-corrected chi connectivity index (χ2v) is 7.02. The summed E-state index contributed by atoms with van der Waals surface area (Å²) in [6.45, 7) is 5.16. The van der Waals surface area contributed by atoms with Crippen molar-refractivity contribution in [2.45, 2.75) is 32.2 Å². The second kappa shape index (κ2) is 8.31. The molecule has 0 spiro atoms. The lowest BCUT2D eigenvalue weighted by atomic mass is 10.0. The number of aromatic nitrogens is 4. The van der Waals surface area contributed by atoms with E-state index < -0.39 is 0 Å². The number of anilines is 1. The minimum Gasteiger partial charge on any atom is -0.371 e. The standard InChI is InChI=1S/C21H26N6/c1-17-23-12-15-27(17)21-4-2-20(3-5-21)26-13-7-18(8-14-26)24-9-6-19-16-22-10-11-25-19/h2-5,10-12,15-16,18,24H,6-9,13-14H2,1H3. The van der Waals surface area contributed by atoms with E-state index in [2.05, 4.69) is 54.0 Å². The molecule has 0 radical (unpaired) electrons. The zero-order valence-electron chi connectivity index (χ0n) is 15.8. The molecular formula is C21H26N6. The Kier molecular flexibility index (Phi) is 5.44. The first-order valence-corrected chi connectivity index (χ1v) is 9.63. The van der Waals surface area contributed by atoms with Crippen LogP contribution in [0, 0.1) is 6.92 Å². The minimum atomic E-state index is 0.589. The fourth-order valence-electron chi connectivity index (χ4n) is 3.68. The van der Waals surface area contributed by atoms with Gasteiger partial charge in [-0.15, -0.1) is 0 Å². The highest BCUT2D eigenvalue weighted by atomic mass is 15.1. The molecule has 0 saturated carbocycles. The van der Waals surface area contributed by atoms with Gasteiger partial charge in [-0.3, -0.25) is 9.97 Å². The van der Waals surface area contributed by atoms with Crippen molar-refractivity contribution >= 4 is 5.69 Å². The summed E-state index contributed by atoms with van der Waals surface area (Å²) < 4.78 is 2.11. The molecule has 1 aliphatic rings. The molecule has 6 heteroatoms. The highest BCUT2D eigenvalue weighted by Gasteiger charge is 2.19. The van der Waals surface area contributed by atoms with E-state index in [1.165, 1.54) is 18.5 Å². The lowest BCUT2D eigenvalue weighted by Crippen LogP contribution is -2.43. The zero-order chi connectivity index (χ0) is 18.5. The van der Waals surface area contributed by atoms with Gasteiger partial charge in [0.1, 0.15) is 5.82 Å². The average molecular weight is 362 g/mol. The quantitative estimate of drug-likeness (QED) is 0.731. The first kappa shape index (κ1) is 17.7. The zero-order valence-corrected chi connectivity index (χ0v) is 15.8. The highest BCUT2D eigenvalue weighted by molar-refractivity contribution is 5.51. The molecule has 1 fully saturated rings. The van der Waals surface area contributed by atoms with Gasteiger partial charge < -0.3 is 14.8 Å². The highest BCUT2D eigenvalue weighted by Crippen LogP contribution is 2.22. The summed E-state index contributed by atoms with van der Waals surface area (Å²) in [5.74, 6) is 1.01. The van der Waals surface area contributed by atoms with E-state index in [0.717, 1.165) is 43.3 Å². The predicted octanol–water partition coefficient (Wildman–Crippen LogP) is 2.77. The van der Waals surface area contributed by atoms with Gasteiger partial charge in [0.05, 0.1) is 5.69 Å². The molecule has 2 aromatic heterocycles. The topological polar surface area (TPSA) is 58.9 Å². The molecule has 0 aliphatic carbocycles. The summed E-state index contributed by atoms with van der Waals surface area (Å²) in [7, 11) is 0. The van der Waals surface area contributed by atoms with E-state index in [0.29, 0.717) is 6.04 Å². The van der Waals surface area contributed by atoms with Crippen LogP contribution in [-0.4, -0.2) is 45.2 Å². The molecule has 6 nitrogen and oxygen atoms in total. The van der Waals surface area contributed by atoms with Crippen LogP contribution in [0.4, 0.5) is 5.69 Å². The molecule has 0 amide bonds. The van der Waals surface area contributed by atoms with Crippen LogP contribution in [0.15, 0.2) is 55.2 Å². The summed E-state index contributed by atoms with van der Waals surface area (Å²) in [5.41, 5.74) is 3.51. The third kappa shape index (κ3) is 4.34. The molecule has 1 N–H and O–H groups in total. The van der Waals surface area contributed by atoms with E-state index in [4.69, 9.17) is 0 Å². The number of imidazole rings is 1. The molecular weight excluding hydrogens is 336 g/mol. The van der Waals surface area contributed by atoms with Gasteiger partial charge in [-0.1, -0.05) is 0 Å². The van der Waals surface area contributed by atoms with Crippen LogP contribution in [0.5, 0.6) is 0 Å². The smallest absolute Gasteiger partial charge is 0.110 e. The van der Waals surface area contributed by atoms with Gasteiger partial charge in [-0.05, 0) is 44.0 Å². The fraction of sp³-hybridized carbons (Fsp3) is 0.381. The molecule has 27 heavy (non-hydrogen) atoms. The number of benzene rings is 1. The monoisotopic (exact) mass is 362 g/mol. The van der Waals surface area contributed by atoms with Crippen molar-refractivity contribution in [1.29, 1.82) is 0 Å². The minimum absolute atomic E-state index is 0.589. The van der Waals surface area contributed by atoms with Crippen LogP contribution >= 0.6 is 0 Å². The van der Waals surface area contributed by atoms with Crippen LogP contribution in [0.1, 0.15) is 24.4 Å². The Hall–Kier alpha value is -2.73. The van der Waals surface area contributed by atoms with E-state index >= 15 is 0 Å². The van der Waals surface area contributed by atoms with Crippen LogP contribution in [-0.2, 0) is 6.42 Å². The van der Waals surface area contributed by atoms with Crippen molar-refractivity contribution < 1.29 is 0 Å². The largest absolute Gasteiger partial charge is 0.371 e. The van der Waals surface area contributed by atoms with Gasteiger partial charge in [-0.2, -0.15) is 0 Å². The maximum atomic E-state index is 4.33. The van der Waals surface area contributed by atoms with Crippen molar-refractivity contribution in [2.75, 3.05) is 24.5 Å². The van der Waals surface area contributed by atoms with Gasteiger partial charge in [0.15, 0.2) is 0 Å². The van der Waals surface area contributed by atoms with Crippen molar-refractivity contribution in [2.24, 2.45) is 0 Å². The first-order chi connectivity index (χ1) is 13.3. The van der Waals surface area contributed by atoms with Gasteiger partial charge in [0, 0.05) is 74.5 Å². The number of nitrogens with one attached hydrogen (secondary N) is 1. The summed E-state index contributed by atoms with van der Waals surface area (Å²) in [6.07, 6.45) is 12.4. The molecule has 140 valence electrons. The van der Waals surface area contributed by atoms with Gasteiger partial charge in [-0.25, -0.2) is 4.98 Å². The average Bonchev–Trinajstić information content (AvgIpc) is 3.15. The van der Waals surface area contributed by atoms with E-state index in [1.54, 1.807) is 12.4 Å². The summed E-state index contributed by atoms with van der Waals surface area (Å²) >= 11 is 0. The Morgan fingerprint density at radius 2 is 1.78 bits per heavy atom. The van der Waals surface area contributed by atoms with Crippen molar-refractivity contribution in [3.8, 4) is 5.69 Å². The van der Waals surface area contributed by atoms with Crippen LogP contribution in [0.25, 0.3) is 5.69 Å². The summed E-state index contributed by atoms with van der Waals surface area (Å²) in [6, 6.07) is 9.38. The van der Waals surface area contributed by atoms with Crippen molar-refractivity contribution in [3.05, 3.63) is 66.8 Å². The number of aryl methyl sites for hydroxylation is 1. The SMILES string of the molecule is Cc1nccn1-c1ccc(N2CCC(NCCc3cnccn3)CC2)cc1. The molecule has 0 bridgehead atoms. The summed E-state index contributed by atoms with van der Waals surface area (Å²) in [4.78, 5) is 15.2. The van der Waals surface area contributed by atoms with E-state index in [-0.39, 0.29) is 0 Å². The lowest BCUT2D eigenvalue weighted by Gasteiger charge is -2.34. The van der Waals surface area contributed by atoms with Crippen LogP contribution < -0.4 is 10.2 Å². The Bertz CT molecular complexity index is 835. The first-order valence-electron chi connectivity index (χ1n) is 9.63. The number of hydrogen-bond donors (Lipinski definition) is 1. The van der Waals surface area contributed by atoms with Crippen LogP contribution in [0.3, 0.4) is 0 Å². The number of hydrogen-bond acceptors (Lipinski definition) is 5. The number of nitrogens with zero attached hydrogens (tertiary/aromatic N) is 5. The predicted molar refractivity (Wildman–Crippen MR) is 107 cm³/mol. The Labute approximate surface area is 160 Å². The van der Waals surface area contributed by atoms with Gasteiger partial charge >= 0.3 is 0 Å². The number of rotatable bonds is 6. The molecule has 3 aromatic rings. The molecule has 0 unspecified atom stereocenters. The molecule has 0 atom stereocenters. The Balaban J connectivity index is 1.26. The Morgan fingerprint density at radius 1 is 1.00 bits per heavy atom. The molecule has 1 saturated heterocycles. The molecule has 4 rings (SSSR count). The summed E-state index contributed by atoms with van der Waals surface area (Å²) in [5, 5.41) is 3.67. The molecule has 3 heterocycles. The number of piperidine rings is 1. The fourth-order valence-corrected chi connectivity index (χ4v) is 3.68. The molecule has 1 aromatic carbocycles. The maximum Gasteiger partial charge on any atom is 0.110 e. The maximum absolute atomic E-state index is 4.33. The third-order valence-corrected chi connectivity index (χ3v) is 5.24. The Morgan fingerprint density at radius 3 is 2.44 bits per heavy atom.